The molecule has 0 spiro atoms. The Morgan fingerprint density at radius 1 is 1.06 bits per heavy atom. The first-order chi connectivity index (χ1) is 7.74. The van der Waals surface area contributed by atoms with Crippen LogP contribution in [0.15, 0.2) is 18.2 Å². The summed E-state index contributed by atoms with van der Waals surface area (Å²) in [5, 5.41) is 8.64. The summed E-state index contributed by atoms with van der Waals surface area (Å²) in [7, 11) is 0. The normalized spacial score (nSPS) is 10.4. The van der Waals surface area contributed by atoms with Crippen molar-refractivity contribution in [2.24, 2.45) is 0 Å². The van der Waals surface area contributed by atoms with E-state index in [9.17, 15) is 0 Å². The van der Waals surface area contributed by atoms with Gasteiger partial charge in [0.2, 0.25) is 0 Å². The number of hydrogen-bond donors (Lipinski definition) is 1. The van der Waals surface area contributed by atoms with Crippen molar-refractivity contribution in [3.05, 3.63) is 29.3 Å². The molecule has 0 saturated carbocycles. The molecule has 1 N–H and O–H groups in total. The Morgan fingerprint density at radius 2 is 1.81 bits per heavy atom. The van der Waals surface area contributed by atoms with Crippen molar-refractivity contribution in [1.82, 2.24) is 0 Å². The molecule has 0 atom stereocenters. The SMILES string of the molecule is Cc1ccc(C)c(OCCCCCCO)c1. The molecule has 1 rings (SSSR count). The summed E-state index contributed by atoms with van der Waals surface area (Å²) in [5.74, 6) is 1.00. The molecule has 16 heavy (non-hydrogen) atoms. The van der Waals surface area contributed by atoms with Crippen LogP contribution in [-0.4, -0.2) is 18.3 Å². The van der Waals surface area contributed by atoms with Gasteiger partial charge in [-0.15, -0.1) is 0 Å². The summed E-state index contributed by atoms with van der Waals surface area (Å²) in [6.45, 7) is 5.22. The molecular weight excluding hydrogens is 200 g/mol. The van der Waals surface area contributed by atoms with E-state index in [-0.39, 0.29) is 0 Å². The van der Waals surface area contributed by atoms with Crippen molar-refractivity contribution in [3.8, 4) is 5.75 Å². The molecule has 0 bridgehead atoms. The van der Waals surface area contributed by atoms with Gasteiger partial charge < -0.3 is 9.84 Å². The van der Waals surface area contributed by atoms with Crippen molar-refractivity contribution in [2.75, 3.05) is 13.2 Å². The molecule has 2 nitrogen and oxygen atoms in total. The van der Waals surface area contributed by atoms with Gasteiger partial charge >= 0.3 is 0 Å². The lowest BCUT2D eigenvalue weighted by atomic mass is 10.1. The second kappa shape index (κ2) is 7.29. The van der Waals surface area contributed by atoms with Crippen LogP contribution < -0.4 is 4.74 Å². The van der Waals surface area contributed by atoms with Crippen LogP contribution in [-0.2, 0) is 0 Å². The third kappa shape index (κ3) is 4.67. The second-order valence-corrected chi connectivity index (χ2v) is 4.26. The number of aryl methyl sites for hydroxylation is 2. The molecule has 0 aliphatic carbocycles. The predicted molar refractivity (Wildman–Crippen MR) is 67.0 cm³/mol. The minimum Gasteiger partial charge on any atom is -0.493 e. The number of ether oxygens (including phenoxy) is 1. The molecule has 0 aliphatic heterocycles. The number of unbranched alkanes of at least 4 members (excludes halogenated alkanes) is 3. The van der Waals surface area contributed by atoms with E-state index in [0.29, 0.717) is 6.61 Å². The Hall–Kier alpha value is -1.02. The number of benzene rings is 1. The first-order valence-corrected chi connectivity index (χ1v) is 6.05. The van der Waals surface area contributed by atoms with Gasteiger partial charge in [0.05, 0.1) is 6.61 Å². The summed E-state index contributed by atoms with van der Waals surface area (Å²) in [6.07, 6.45) is 4.19. The van der Waals surface area contributed by atoms with Crippen LogP contribution in [0.1, 0.15) is 36.8 Å². The zero-order chi connectivity index (χ0) is 11.8. The molecule has 1 aromatic carbocycles. The van der Waals surface area contributed by atoms with E-state index in [0.717, 1.165) is 38.0 Å². The highest BCUT2D eigenvalue weighted by Gasteiger charge is 1.99. The summed E-state index contributed by atoms with van der Waals surface area (Å²) < 4.78 is 5.74. The van der Waals surface area contributed by atoms with Gasteiger partial charge in [0.25, 0.3) is 0 Å². The fraction of sp³-hybridized carbons (Fsp3) is 0.571. The first kappa shape index (κ1) is 13.0. The van der Waals surface area contributed by atoms with Gasteiger partial charge in [0.1, 0.15) is 5.75 Å². The molecule has 0 radical (unpaired) electrons. The molecule has 0 fully saturated rings. The van der Waals surface area contributed by atoms with E-state index in [1.54, 1.807) is 0 Å². The van der Waals surface area contributed by atoms with Gasteiger partial charge in [-0.05, 0) is 50.3 Å². The standard InChI is InChI=1S/C14H22O2/c1-12-7-8-13(2)14(11-12)16-10-6-4-3-5-9-15/h7-8,11,15H,3-6,9-10H2,1-2H3. The van der Waals surface area contributed by atoms with E-state index >= 15 is 0 Å². The van der Waals surface area contributed by atoms with Crippen LogP contribution in [0.2, 0.25) is 0 Å². The Bertz CT molecular complexity index is 308. The average Bonchev–Trinajstić information content (AvgIpc) is 2.28. The lowest BCUT2D eigenvalue weighted by Crippen LogP contribution is -1.99. The Kier molecular flexibility index (Phi) is 5.94. The van der Waals surface area contributed by atoms with E-state index in [1.807, 2.05) is 0 Å². The fourth-order valence-electron chi connectivity index (χ4n) is 1.61. The third-order valence-corrected chi connectivity index (χ3v) is 2.65. The summed E-state index contributed by atoms with van der Waals surface area (Å²) in [5.41, 5.74) is 2.43. The maximum atomic E-state index is 8.64. The molecule has 1 aromatic rings. The third-order valence-electron chi connectivity index (χ3n) is 2.65. The van der Waals surface area contributed by atoms with Crippen molar-refractivity contribution in [3.63, 3.8) is 0 Å². The predicted octanol–water partition coefficient (Wildman–Crippen LogP) is 3.23. The minimum atomic E-state index is 0.303. The molecular formula is C14H22O2. The lowest BCUT2D eigenvalue weighted by molar-refractivity contribution is 0.273. The van der Waals surface area contributed by atoms with Crippen LogP contribution in [0.4, 0.5) is 0 Å². The van der Waals surface area contributed by atoms with Gasteiger partial charge in [-0.3, -0.25) is 0 Å². The zero-order valence-electron chi connectivity index (χ0n) is 10.3. The number of rotatable bonds is 7. The van der Waals surface area contributed by atoms with Crippen LogP contribution >= 0.6 is 0 Å². The average molecular weight is 222 g/mol. The lowest BCUT2D eigenvalue weighted by Gasteiger charge is -2.09. The smallest absolute Gasteiger partial charge is 0.122 e. The van der Waals surface area contributed by atoms with E-state index in [4.69, 9.17) is 9.84 Å². The maximum Gasteiger partial charge on any atom is 0.122 e. The number of hydrogen-bond acceptors (Lipinski definition) is 2. The quantitative estimate of drug-likeness (QED) is 0.718. The van der Waals surface area contributed by atoms with E-state index in [2.05, 4.69) is 32.0 Å². The largest absolute Gasteiger partial charge is 0.493 e. The highest BCUT2D eigenvalue weighted by Crippen LogP contribution is 2.19. The van der Waals surface area contributed by atoms with Gasteiger partial charge in [-0.25, -0.2) is 0 Å². The second-order valence-electron chi connectivity index (χ2n) is 4.26. The summed E-state index contributed by atoms with van der Waals surface area (Å²) in [6, 6.07) is 6.28. The van der Waals surface area contributed by atoms with Gasteiger partial charge in [0.15, 0.2) is 0 Å². The number of aliphatic hydroxyl groups is 1. The molecule has 90 valence electrons. The first-order valence-electron chi connectivity index (χ1n) is 6.05. The fourth-order valence-corrected chi connectivity index (χ4v) is 1.61. The maximum absolute atomic E-state index is 8.64. The van der Waals surface area contributed by atoms with Crippen LogP contribution in [0.3, 0.4) is 0 Å². The monoisotopic (exact) mass is 222 g/mol. The van der Waals surface area contributed by atoms with Crippen LogP contribution in [0.5, 0.6) is 5.75 Å². The molecule has 0 aliphatic rings. The molecule has 0 aromatic heterocycles. The van der Waals surface area contributed by atoms with Gasteiger partial charge in [-0.2, -0.15) is 0 Å². The molecule has 0 heterocycles. The Labute approximate surface area is 98.3 Å². The Balaban J connectivity index is 2.23. The molecule has 0 saturated heterocycles. The highest BCUT2D eigenvalue weighted by molar-refractivity contribution is 5.35. The van der Waals surface area contributed by atoms with E-state index in [1.165, 1.54) is 11.1 Å². The summed E-state index contributed by atoms with van der Waals surface area (Å²) >= 11 is 0. The van der Waals surface area contributed by atoms with Crippen molar-refractivity contribution >= 4 is 0 Å². The molecule has 2 heteroatoms. The zero-order valence-corrected chi connectivity index (χ0v) is 10.3. The van der Waals surface area contributed by atoms with Crippen molar-refractivity contribution in [1.29, 1.82) is 0 Å². The summed E-state index contributed by atoms with van der Waals surface area (Å²) in [4.78, 5) is 0. The van der Waals surface area contributed by atoms with Gasteiger partial charge in [-0.1, -0.05) is 18.6 Å². The number of aliphatic hydroxyl groups excluding tert-OH is 1. The van der Waals surface area contributed by atoms with E-state index < -0.39 is 0 Å². The van der Waals surface area contributed by atoms with Crippen molar-refractivity contribution in [2.45, 2.75) is 39.5 Å². The van der Waals surface area contributed by atoms with Crippen LogP contribution in [0, 0.1) is 13.8 Å². The topological polar surface area (TPSA) is 29.5 Å². The molecule has 0 amide bonds. The highest BCUT2D eigenvalue weighted by atomic mass is 16.5. The van der Waals surface area contributed by atoms with Crippen molar-refractivity contribution < 1.29 is 9.84 Å². The van der Waals surface area contributed by atoms with Gasteiger partial charge in [0, 0.05) is 6.61 Å². The minimum absolute atomic E-state index is 0.303. The molecule has 0 unspecified atom stereocenters. The Morgan fingerprint density at radius 3 is 2.56 bits per heavy atom. The van der Waals surface area contributed by atoms with Crippen LogP contribution in [0.25, 0.3) is 0 Å².